The largest absolute Gasteiger partial charge is 0.493 e. The van der Waals surface area contributed by atoms with Crippen LogP contribution in [0.2, 0.25) is 0 Å². The first-order chi connectivity index (χ1) is 9.38. The number of hydrogen-bond donors (Lipinski definition) is 0. The maximum atomic E-state index is 8.44. The van der Waals surface area contributed by atoms with E-state index in [9.17, 15) is 0 Å². The number of para-hydroxylation sites is 1. The molecule has 19 heavy (non-hydrogen) atoms. The van der Waals surface area contributed by atoms with E-state index in [0.29, 0.717) is 37.6 Å². The number of aromatic nitrogens is 2. The lowest BCUT2D eigenvalue weighted by molar-refractivity contribution is 0.313. The zero-order chi connectivity index (χ0) is 13.3. The summed E-state index contributed by atoms with van der Waals surface area (Å²) in [6.07, 6.45) is 2.52. The van der Waals surface area contributed by atoms with Gasteiger partial charge in [-0.15, -0.1) is 0 Å². The zero-order valence-electron chi connectivity index (χ0n) is 10.6. The molecule has 0 spiro atoms. The molecule has 1 aromatic heterocycles. The van der Waals surface area contributed by atoms with E-state index in [4.69, 9.17) is 14.5 Å². The Morgan fingerprint density at radius 2 is 2.05 bits per heavy atom. The molecule has 0 amide bonds. The van der Waals surface area contributed by atoms with Crippen LogP contribution in [0.1, 0.15) is 24.6 Å². The molecule has 5 heteroatoms. The molecular weight excluding hydrogens is 242 g/mol. The Kier molecular flexibility index (Phi) is 4.94. The van der Waals surface area contributed by atoms with Gasteiger partial charge in [-0.1, -0.05) is 23.4 Å². The van der Waals surface area contributed by atoms with E-state index in [1.807, 2.05) is 30.3 Å². The summed E-state index contributed by atoms with van der Waals surface area (Å²) in [6, 6.07) is 11.7. The van der Waals surface area contributed by atoms with Crippen molar-refractivity contribution in [3.05, 3.63) is 42.0 Å². The predicted octanol–water partition coefficient (Wildman–Crippen LogP) is 2.54. The van der Waals surface area contributed by atoms with Crippen LogP contribution >= 0.6 is 0 Å². The molecule has 0 radical (unpaired) electrons. The second-order valence-electron chi connectivity index (χ2n) is 4.03. The highest BCUT2D eigenvalue weighted by Crippen LogP contribution is 2.09. The molecule has 0 atom stereocenters. The fraction of sp³-hybridized carbons (Fsp3) is 0.357. The number of nitriles is 1. The standard InChI is InChI=1S/C14H15N3O2/c15-10-5-4-8-14-16-13(17-19-14)9-11-18-12-6-2-1-3-7-12/h1-3,6-7H,4-5,8-9,11H2. The van der Waals surface area contributed by atoms with Crippen LogP contribution in [-0.4, -0.2) is 16.7 Å². The third-order valence-electron chi connectivity index (χ3n) is 2.53. The van der Waals surface area contributed by atoms with E-state index in [2.05, 4.69) is 16.2 Å². The Labute approximate surface area is 111 Å². The Morgan fingerprint density at radius 1 is 1.21 bits per heavy atom. The molecule has 98 valence electrons. The van der Waals surface area contributed by atoms with Crippen molar-refractivity contribution >= 4 is 0 Å². The molecule has 0 aliphatic rings. The molecule has 0 fully saturated rings. The highest BCUT2D eigenvalue weighted by molar-refractivity contribution is 5.20. The van der Waals surface area contributed by atoms with Crippen LogP contribution in [0.3, 0.4) is 0 Å². The van der Waals surface area contributed by atoms with Gasteiger partial charge in [0.1, 0.15) is 5.75 Å². The molecule has 5 nitrogen and oxygen atoms in total. The van der Waals surface area contributed by atoms with Crippen molar-refractivity contribution in [3.8, 4) is 11.8 Å². The molecule has 2 aromatic rings. The lowest BCUT2D eigenvalue weighted by atomic mass is 10.2. The van der Waals surface area contributed by atoms with Crippen LogP contribution in [0.5, 0.6) is 5.75 Å². The Hall–Kier alpha value is -2.35. The molecule has 1 aromatic carbocycles. The normalized spacial score (nSPS) is 10.1. The first kappa shape index (κ1) is 13.1. The second kappa shape index (κ2) is 7.17. The molecule has 0 bridgehead atoms. The van der Waals surface area contributed by atoms with Gasteiger partial charge in [-0.25, -0.2) is 0 Å². The third kappa shape index (κ3) is 4.43. The van der Waals surface area contributed by atoms with Crippen LogP contribution in [0.15, 0.2) is 34.9 Å². The van der Waals surface area contributed by atoms with Gasteiger partial charge in [0.15, 0.2) is 5.82 Å². The van der Waals surface area contributed by atoms with Gasteiger partial charge >= 0.3 is 0 Å². The van der Waals surface area contributed by atoms with E-state index in [0.717, 1.165) is 12.2 Å². The smallest absolute Gasteiger partial charge is 0.226 e. The van der Waals surface area contributed by atoms with Gasteiger partial charge in [0.05, 0.1) is 12.7 Å². The SMILES string of the molecule is N#CCCCc1nc(CCOc2ccccc2)no1. The topological polar surface area (TPSA) is 71.9 Å². The summed E-state index contributed by atoms with van der Waals surface area (Å²) >= 11 is 0. The molecule has 0 aliphatic carbocycles. The molecule has 2 rings (SSSR count). The number of aryl methyl sites for hydroxylation is 1. The predicted molar refractivity (Wildman–Crippen MR) is 68.5 cm³/mol. The van der Waals surface area contributed by atoms with Gasteiger partial charge in [-0.3, -0.25) is 0 Å². The summed E-state index contributed by atoms with van der Waals surface area (Å²) in [5, 5.41) is 12.3. The number of rotatable bonds is 7. The van der Waals surface area contributed by atoms with Crippen molar-refractivity contribution in [1.82, 2.24) is 10.1 Å². The fourth-order valence-electron chi connectivity index (χ4n) is 1.59. The number of benzene rings is 1. The van der Waals surface area contributed by atoms with Crippen LogP contribution < -0.4 is 4.74 Å². The monoisotopic (exact) mass is 257 g/mol. The lowest BCUT2D eigenvalue weighted by Crippen LogP contribution is -2.02. The van der Waals surface area contributed by atoms with E-state index in [1.54, 1.807) is 0 Å². The maximum absolute atomic E-state index is 8.44. The first-order valence-electron chi connectivity index (χ1n) is 6.25. The van der Waals surface area contributed by atoms with Gasteiger partial charge in [0.2, 0.25) is 5.89 Å². The Morgan fingerprint density at radius 3 is 2.84 bits per heavy atom. The fourth-order valence-corrected chi connectivity index (χ4v) is 1.59. The van der Waals surface area contributed by atoms with E-state index >= 15 is 0 Å². The second-order valence-corrected chi connectivity index (χ2v) is 4.03. The summed E-state index contributed by atoms with van der Waals surface area (Å²) in [6.45, 7) is 0.515. The van der Waals surface area contributed by atoms with Gasteiger partial charge < -0.3 is 9.26 Å². The molecule has 0 unspecified atom stereocenters. The zero-order valence-corrected chi connectivity index (χ0v) is 10.6. The minimum Gasteiger partial charge on any atom is -0.493 e. The van der Waals surface area contributed by atoms with Crippen molar-refractivity contribution < 1.29 is 9.26 Å². The Bertz CT molecular complexity index is 531. The van der Waals surface area contributed by atoms with Crippen LogP contribution in [-0.2, 0) is 12.8 Å². The Balaban J connectivity index is 1.73. The maximum Gasteiger partial charge on any atom is 0.226 e. The molecule has 1 heterocycles. The lowest BCUT2D eigenvalue weighted by Gasteiger charge is -2.02. The first-order valence-corrected chi connectivity index (χ1v) is 6.25. The van der Waals surface area contributed by atoms with E-state index < -0.39 is 0 Å². The summed E-state index contributed by atoms with van der Waals surface area (Å²) in [4.78, 5) is 4.25. The van der Waals surface area contributed by atoms with Gasteiger partial charge in [-0.05, 0) is 18.6 Å². The van der Waals surface area contributed by atoms with Crippen LogP contribution in [0.25, 0.3) is 0 Å². The number of unbranched alkanes of at least 4 members (excludes halogenated alkanes) is 1. The van der Waals surface area contributed by atoms with Gasteiger partial charge in [0, 0.05) is 19.3 Å². The molecular formula is C14H15N3O2. The van der Waals surface area contributed by atoms with Crippen molar-refractivity contribution in [2.24, 2.45) is 0 Å². The summed E-state index contributed by atoms with van der Waals surface area (Å²) in [5.74, 6) is 2.06. The average Bonchev–Trinajstić information content (AvgIpc) is 2.88. The molecule has 0 aliphatic heterocycles. The quantitative estimate of drug-likeness (QED) is 0.713. The summed E-state index contributed by atoms with van der Waals surface area (Å²) < 4.78 is 10.6. The van der Waals surface area contributed by atoms with E-state index in [-0.39, 0.29) is 0 Å². The van der Waals surface area contributed by atoms with Crippen molar-refractivity contribution in [1.29, 1.82) is 5.26 Å². The number of hydrogen-bond acceptors (Lipinski definition) is 5. The van der Waals surface area contributed by atoms with E-state index in [1.165, 1.54) is 0 Å². The van der Waals surface area contributed by atoms with Crippen LogP contribution in [0, 0.1) is 11.3 Å². The molecule has 0 saturated carbocycles. The molecule has 0 N–H and O–H groups in total. The van der Waals surface area contributed by atoms with Gasteiger partial charge in [0.25, 0.3) is 0 Å². The van der Waals surface area contributed by atoms with Gasteiger partial charge in [-0.2, -0.15) is 10.2 Å². The van der Waals surface area contributed by atoms with Crippen molar-refractivity contribution in [2.45, 2.75) is 25.7 Å². The molecule has 0 saturated heterocycles. The minimum absolute atomic E-state index is 0.509. The average molecular weight is 257 g/mol. The number of ether oxygens (including phenoxy) is 1. The summed E-state index contributed by atoms with van der Waals surface area (Å²) in [7, 11) is 0. The van der Waals surface area contributed by atoms with Crippen molar-refractivity contribution in [2.75, 3.05) is 6.61 Å². The highest BCUT2D eigenvalue weighted by Gasteiger charge is 2.06. The highest BCUT2D eigenvalue weighted by atomic mass is 16.5. The third-order valence-corrected chi connectivity index (χ3v) is 2.53. The van der Waals surface area contributed by atoms with Crippen LogP contribution in [0.4, 0.5) is 0 Å². The summed E-state index contributed by atoms with van der Waals surface area (Å²) in [5.41, 5.74) is 0. The number of nitrogens with zero attached hydrogens (tertiary/aromatic N) is 3. The van der Waals surface area contributed by atoms with Crippen molar-refractivity contribution in [3.63, 3.8) is 0 Å². The minimum atomic E-state index is 0.509.